The molecule has 2 aromatic carbocycles. The minimum Gasteiger partial charge on any atom is -0.462 e. The van der Waals surface area contributed by atoms with Crippen molar-refractivity contribution in [3.05, 3.63) is 47.5 Å². The van der Waals surface area contributed by atoms with E-state index in [4.69, 9.17) is 9.47 Å². The van der Waals surface area contributed by atoms with Crippen molar-refractivity contribution in [2.75, 3.05) is 13.2 Å². The Bertz CT molecular complexity index is 589. The molecule has 0 fully saturated rings. The zero-order chi connectivity index (χ0) is 14.5. The van der Waals surface area contributed by atoms with Crippen molar-refractivity contribution in [3.63, 3.8) is 0 Å². The Morgan fingerprint density at radius 2 is 1.20 bits per heavy atom. The van der Waals surface area contributed by atoms with Gasteiger partial charge in [0.05, 0.1) is 24.3 Å². The first-order chi connectivity index (χ1) is 9.69. The smallest absolute Gasteiger partial charge is 0.338 e. The lowest BCUT2D eigenvalue weighted by atomic mass is 10.00. The van der Waals surface area contributed by atoms with Gasteiger partial charge in [0.1, 0.15) is 0 Å². The van der Waals surface area contributed by atoms with Crippen LogP contribution in [0.2, 0.25) is 0 Å². The molecule has 0 aliphatic heterocycles. The van der Waals surface area contributed by atoms with Crippen molar-refractivity contribution in [1.29, 1.82) is 0 Å². The third kappa shape index (κ3) is 2.64. The maximum absolute atomic E-state index is 11.9. The fourth-order valence-corrected chi connectivity index (χ4v) is 2.08. The average Bonchev–Trinajstić information content (AvgIpc) is 2.46. The monoisotopic (exact) mass is 272 g/mol. The van der Waals surface area contributed by atoms with Crippen molar-refractivity contribution in [2.24, 2.45) is 0 Å². The van der Waals surface area contributed by atoms with Crippen LogP contribution in [0.4, 0.5) is 0 Å². The van der Waals surface area contributed by atoms with Crippen molar-refractivity contribution >= 4 is 22.7 Å². The van der Waals surface area contributed by atoms with Gasteiger partial charge in [0.15, 0.2) is 0 Å². The third-order valence-electron chi connectivity index (χ3n) is 2.91. The van der Waals surface area contributed by atoms with Gasteiger partial charge in [-0.15, -0.1) is 0 Å². The molecule has 0 radical (unpaired) electrons. The number of hydrogen-bond acceptors (Lipinski definition) is 4. The van der Waals surface area contributed by atoms with Gasteiger partial charge in [0.25, 0.3) is 0 Å². The first kappa shape index (κ1) is 14.1. The first-order valence-electron chi connectivity index (χ1n) is 6.55. The van der Waals surface area contributed by atoms with Crippen LogP contribution >= 0.6 is 0 Å². The molecule has 0 saturated heterocycles. The summed E-state index contributed by atoms with van der Waals surface area (Å²) >= 11 is 0. The highest BCUT2D eigenvalue weighted by Crippen LogP contribution is 2.23. The predicted octanol–water partition coefficient (Wildman–Crippen LogP) is 3.19. The number of hydrogen-bond donors (Lipinski definition) is 0. The van der Waals surface area contributed by atoms with Crippen molar-refractivity contribution < 1.29 is 19.1 Å². The number of carbonyl (C=O) groups excluding carboxylic acids is 2. The second-order valence-corrected chi connectivity index (χ2v) is 4.15. The summed E-state index contributed by atoms with van der Waals surface area (Å²) < 4.78 is 10.1. The first-order valence-corrected chi connectivity index (χ1v) is 6.55. The summed E-state index contributed by atoms with van der Waals surface area (Å²) in [5.41, 5.74) is 0.908. The maximum atomic E-state index is 11.9. The molecule has 0 N–H and O–H groups in total. The van der Waals surface area contributed by atoms with Gasteiger partial charge in [-0.3, -0.25) is 0 Å². The van der Waals surface area contributed by atoms with E-state index in [-0.39, 0.29) is 11.9 Å². The molecule has 2 rings (SSSR count). The Kier molecular flexibility index (Phi) is 4.35. The second-order valence-electron chi connectivity index (χ2n) is 4.15. The molecule has 0 saturated carbocycles. The number of ether oxygens (including phenoxy) is 2. The van der Waals surface area contributed by atoms with Crippen LogP contribution in [-0.4, -0.2) is 25.2 Å². The number of rotatable bonds is 4. The lowest BCUT2D eigenvalue weighted by molar-refractivity contribution is 0.0517. The minimum atomic E-state index is -0.390. The molecule has 0 amide bonds. The Balaban J connectivity index is 2.57. The molecule has 20 heavy (non-hydrogen) atoms. The van der Waals surface area contributed by atoms with Crippen LogP contribution in [0.3, 0.4) is 0 Å². The van der Waals surface area contributed by atoms with Crippen LogP contribution < -0.4 is 0 Å². The van der Waals surface area contributed by atoms with E-state index in [9.17, 15) is 9.59 Å². The van der Waals surface area contributed by atoms with Crippen molar-refractivity contribution in [2.45, 2.75) is 13.8 Å². The van der Waals surface area contributed by atoms with E-state index in [1.165, 1.54) is 0 Å². The average molecular weight is 272 g/mol. The lowest BCUT2D eigenvalue weighted by Crippen LogP contribution is -2.08. The van der Waals surface area contributed by atoms with Crippen LogP contribution in [-0.2, 0) is 9.47 Å². The summed E-state index contributed by atoms with van der Waals surface area (Å²) in [5, 5.41) is 1.38. The number of fused-ring (bicyclic) bond motifs is 1. The number of carbonyl (C=O) groups is 2. The molecular formula is C16H16O4. The molecule has 0 unspecified atom stereocenters. The van der Waals surface area contributed by atoms with Crippen LogP contribution in [0.1, 0.15) is 34.6 Å². The fraction of sp³-hybridized carbons (Fsp3) is 0.250. The molecule has 104 valence electrons. The predicted molar refractivity (Wildman–Crippen MR) is 75.9 cm³/mol. The normalized spacial score (nSPS) is 10.3. The second kappa shape index (κ2) is 6.19. The Morgan fingerprint density at radius 3 is 1.55 bits per heavy atom. The van der Waals surface area contributed by atoms with Crippen LogP contribution in [0.5, 0.6) is 0 Å². The van der Waals surface area contributed by atoms with Crippen LogP contribution in [0, 0.1) is 0 Å². The van der Waals surface area contributed by atoms with Gasteiger partial charge in [0.2, 0.25) is 0 Å². The highest BCUT2D eigenvalue weighted by atomic mass is 16.5. The third-order valence-corrected chi connectivity index (χ3v) is 2.91. The minimum absolute atomic E-state index is 0.312. The Labute approximate surface area is 117 Å². The van der Waals surface area contributed by atoms with Crippen molar-refractivity contribution in [1.82, 2.24) is 0 Å². The Hall–Kier alpha value is -2.36. The summed E-state index contributed by atoms with van der Waals surface area (Å²) in [7, 11) is 0. The van der Waals surface area contributed by atoms with Crippen LogP contribution in [0.15, 0.2) is 36.4 Å². The number of benzene rings is 2. The topological polar surface area (TPSA) is 52.6 Å². The summed E-state index contributed by atoms with van der Waals surface area (Å²) in [4.78, 5) is 23.9. The Morgan fingerprint density at radius 1 is 0.800 bits per heavy atom. The molecular weight excluding hydrogens is 256 g/mol. The van der Waals surface area contributed by atoms with Gasteiger partial charge in [-0.05, 0) is 36.8 Å². The zero-order valence-electron chi connectivity index (χ0n) is 11.5. The molecule has 0 bridgehead atoms. The maximum Gasteiger partial charge on any atom is 0.338 e. The lowest BCUT2D eigenvalue weighted by Gasteiger charge is -2.09. The molecule has 4 nitrogen and oxygen atoms in total. The molecule has 0 aliphatic carbocycles. The zero-order valence-corrected chi connectivity index (χ0v) is 11.5. The SMILES string of the molecule is CCOC(=O)c1cccc2c(C(=O)OCC)cccc12. The van der Waals surface area contributed by atoms with E-state index in [2.05, 4.69) is 0 Å². The van der Waals surface area contributed by atoms with Gasteiger partial charge in [-0.25, -0.2) is 9.59 Å². The fourth-order valence-electron chi connectivity index (χ4n) is 2.08. The molecule has 4 heteroatoms. The van der Waals surface area contributed by atoms with E-state index in [1.54, 1.807) is 50.2 Å². The largest absolute Gasteiger partial charge is 0.462 e. The summed E-state index contributed by atoms with van der Waals surface area (Å²) in [5.74, 6) is -0.779. The van der Waals surface area contributed by atoms with Gasteiger partial charge in [0, 0.05) is 0 Å². The molecule has 2 aromatic rings. The highest BCUT2D eigenvalue weighted by Gasteiger charge is 2.15. The van der Waals surface area contributed by atoms with Crippen molar-refractivity contribution in [3.8, 4) is 0 Å². The molecule has 0 spiro atoms. The van der Waals surface area contributed by atoms with E-state index in [0.717, 1.165) is 0 Å². The molecule has 0 atom stereocenters. The number of esters is 2. The summed E-state index contributed by atoms with van der Waals surface area (Å²) in [6, 6.07) is 10.4. The summed E-state index contributed by atoms with van der Waals surface area (Å²) in [6.45, 7) is 4.14. The van der Waals surface area contributed by atoms with E-state index < -0.39 is 0 Å². The summed E-state index contributed by atoms with van der Waals surface area (Å²) in [6.07, 6.45) is 0. The van der Waals surface area contributed by atoms with Gasteiger partial charge in [-0.1, -0.05) is 24.3 Å². The quantitative estimate of drug-likeness (QED) is 0.802. The van der Waals surface area contributed by atoms with Gasteiger partial charge < -0.3 is 9.47 Å². The van der Waals surface area contributed by atoms with E-state index >= 15 is 0 Å². The standard InChI is InChI=1S/C16H16O4/c1-3-19-15(17)13-9-5-8-12-11(13)7-6-10-14(12)16(18)20-4-2/h5-10H,3-4H2,1-2H3. The highest BCUT2D eigenvalue weighted by molar-refractivity contribution is 6.11. The van der Waals surface area contributed by atoms with Gasteiger partial charge >= 0.3 is 11.9 Å². The van der Waals surface area contributed by atoms with E-state index in [0.29, 0.717) is 35.1 Å². The molecule has 0 heterocycles. The molecule has 0 aliphatic rings. The van der Waals surface area contributed by atoms with Gasteiger partial charge in [-0.2, -0.15) is 0 Å². The molecule has 0 aromatic heterocycles. The van der Waals surface area contributed by atoms with Crippen LogP contribution in [0.25, 0.3) is 10.8 Å². The van der Waals surface area contributed by atoms with E-state index in [1.807, 2.05) is 0 Å².